The van der Waals surface area contributed by atoms with Gasteiger partial charge >= 0.3 is 6.18 Å². The van der Waals surface area contributed by atoms with Crippen molar-refractivity contribution in [2.75, 3.05) is 13.1 Å². The van der Waals surface area contributed by atoms with Crippen LogP contribution in [0, 0.1) is 11.8 Å². The van der Waals surface area contributed by atoms with Crippen molar-refractivity contribution < 1.29 is 27.2 Å². The van der Waals surface area contributed by atoms with Gasteiger partial charge in [0.15, 0.2) is 0 Å². The lowest BCUT2D eigenvalue weighted by Crippen LogP contribution is -2.37. The molecule has 2 atom stereocenters. The number of rotatable bonds is 2. The fraction of sp³-hybridized carbons (Fsp3) is 0.455. The first-order chi connectivity index (χ1) is 9.21. The van der Waals surface area contributed by atoms with Gasteiger partial charge in [0.2, 0.25) is 11.1 Å². The van der Waals surface area contributed by atoms with Crippen molar-refractivity contribution in [3.63, 3.8) is 0 Å². The predicted octanol–water partition coefficient (Wildman–Crippen LogP) is 1.67. The molecule has 1 aliphatic rings. The molecular formula is C11H10ClF3N2O3. The van der Waals surface area contributed by atoms with Gasteiger partial charge in [-0.3, -0.25) is 9.59 Å². The van der Waals surface area contributed by atoms with Gasteiger partial charge in [0.1, 0.15) is 0 Å². The number of nitrogens with zero attached hydrogens (tertiary/aromatic N) is 1. The first kappa shape index (κ1) is 14.7. The lowest BCUT2D eigenvalue weighted by atomic mass is 9.95. The van der Waals surface area contributed by atoms with Crippen LogP contribution < -0.4 is 5.73 Å². The Morgan fingerprint density at radius 3 is 2.45 bits per heavy atom. The minimum atomic E-state index is -4.60. The number of carbonyl (C=O) groups excluding carboxylic acids is 2. The molecule has 0 aliphatic carbocycles. The number of hydrogen-bond acceptors (Lipinski definition) is 3. The maximum atomic E-state index is 12.8. The van der Waals surface area contributed by atoms with Crippen LogP contribution in [0.3, 0.4) is 0 Å². The van der Waals surface area contributed by atoms with Gasteiger partial charge in [-0.2, -0.15) is 13.2 Å². The van der Waals surface area contributed by atoms with Crippen molar-refractivity contribution in [2.24, 2.45) is 17.6 Å². The van der Waals surface area contributed by atoms with Crippen LogP contribution in [0.5, 0.6) is 0 Å². The number of primary amides is 1. The van der Waals surface area contributed by atoms with E-state index in [1.54, 1.807) is 0 Å². The molecule has 0 saturated carbocycles. The molecule has 0 bridgehead atoms. The van der Waals surface area contributed by atoms with Gasteiger partial charge in [0.25, 0.3) is 5.91 Å². The average molecular weight is 311 g/mol. The first-order valence-corrected chi connectivity index (χ1v) is 5.98. The Hall–Kier alpha value is -1.70. The zero-order chi connectivity index (χ0) is 15.1. The van der Waals surface area contributed by atoms with Gasteiger partial charge in [-0.1, -0.05) is 0 Å². The Labute approximate surface area is 116 Å². The first-order valence-electron chi connectivity index (χ1n) is 5.60. The molecule has 2 amide bonds. The summed E-state index contributed by atoms with van der Waals surface area (Å²) in [6.07, 6.45) is -3.45. The van der Waals surface area contributed by atoms with Crippen LogP contribution in [0.1, 0.15) is 10.4 Å². The van der Waals surface area contributed by atoms with Crippen LogP contribution in [0.15, 0.2) is 16.7 Å². The number of furan rings is 1. The van der Waals surface area contributed by atoms with Crippen molar-refractivity contribution in [2.45, 2.75) is 6.18 Å². The third kappa shape index (κ3) is 2.60. The summed E-state index contributed by atoms with van der Waals surface area (Å²) in [6, 6.07) is 1.25. The van der Waals surface area contributed by atoms with E-state index in [9.17, 15) is 22.8 Å². The zero-order valence-electron chi connectivity index (χ0n) is 9.98. The van der Waals surface area contributed by atoms with Crippen LogP contribution in [0.25, 0.3) is 0 Å². The van der Waals surface area contributed by atoms with Gasteiger partial charge in [0, 0.05) is 13.1 Å². The van der Waals surface area contributed by atoms with Gasteiger partial charge in [-0.05, 0) is 17.7 Å². The van der Waals surface area contributed by atoms with Crippen LogP contribution >= 0.6 is 11.6 Å². The smallest absolute Gasteiger partial charge is 0.394 e. The van der Waals surface area contributed by atoms with Crippen molar-refractivity contribution in [1.29, 1.82) is 0 Å². The molecule has 2 rings (SSSR count). The molecule has 0 aromatic carbocycles. The number of halogens is 4. The molecule has 1 aromatic heterocycles. The standard InChI is InChI=1S/C11H10ClF3N2O3/c12-8-5(1-2-20-8)10(19)17-3-6(9(16)18)7(4-17)11(13,14)15/h1-2,6-7H,3-4H2,(H2,16,18)/t6-,7-/m1/s1. The summed E-state index contributed by atoms with van der Waals surface area (Å²) in [5.41, 5.74) is 4.93. The highest BCUT2D eigenvalue weighted by molar-refractivity contribution is 6.32. The number of hydrogen-bond donors (Lipinski definition) is 1. The number of alkyl halides is 3. The van der Waals surface area contributed by atoms with Crippen LogP contribution in [0.2, 0.25) is 5.22 Å². The highest BCUT2D eigenvalue weighted by Gasteiger charge is 2.53. The maximum absolute atomic E-state index is 12.8. The van der Waals surface area contributed by atoms with E-state index >= 15 is 0 Å². The average Bonchev–Trinajstić information content (AvgIpc) is 2.92. The van der Waals surface area contributed by atoms with Gasteiger partial charge in [-0.15, -0.1) is 0 Å². The van der Waals surface area contributed by atoms with Crippen molar-refractivity contribution in [1.82, 2.24) is 4.90 Å². The summed E-state index contributed by atoms with van der Waals surface area (Å²) in [5, 5.41) is -0.207. The Morgan fingerprint density at radius 2 is 2.05 bits per heavy atom. The van der Waals surface area contributed by atoms with E-state index in [2.05, 4.69) is 0 Å². The Kier molecular flexibility index (Phi) is 3.68. The second-order valence-electron chi connectivity index (χ2n) is 4.48. The summed E-state index contributed by atoms with van der Waals surface area (Å²) >= 11 is 5.61. The molecule has 9 heteroatoms. The predicted molar refractivity (Wildman–Crippen MR) is 61.9 cm³/mol. The summed E-state index contributed by atoms with van der Waals surface area (Å²) in [4.78, 5) is 24.1. The third-order valence-corrected chi connectivity index (χ3v) is 3.53. The highest BCUT2D eigenvalue weighted by atomic mass is 35.5. The molecule has 0 spiro atoms. The monoisotopic (exact) mass is 310 g/mol. The molecule has 0 unspecified atom stereocenters. The lowest BCUT2D eigenvalue weighted by Gasteiger charge is -2.18. The minimum absolute atomic E-state index is 0.0438. The number of nitrogens with two attached hydrogens (primary N) is 1. The normalized spacial score (nSPS) is 23.1. The van der Waals surface area contributed by atoms with Gasteiger partial charge in [0.05, 0.1) is 23.7 Å². The van der Waals surface area contributed by atoms with Crippen LogP contribution in [0.4, 0.5) is 13.2 Å². The molecule has 20 heavy (non-hydrogen) atoms. The fourth-order valence-corrected chi connectivity index (χ4v) is 2.40. The topological polar surface area (TPSA) is 76.5 Å². The number of carbonyl (C=O) groups is 2. The maximum Gasteiger partial charge on any atom is 0.394 e. The van der Waals surface area contributed by atoms with E-state index in [0.717, 1.165) is 11.2 Å². The van der Waals surface area contributed by atoms with E-state index in [1.807, 2.05) is 0 Å². The van der Waals surface area contributed by atoms with Gasteiger partial charge in [-0.25, -0.2) is 0 Å². The third-order valence-electron chi connectivity index (χ3n) is 3.24. The molecule has 1 fully saturated rings. The van der Waals surface area contributed by atoms with E-state index in [1.165, 1.54) is 6.07 Å². The largest absolute Gasteiger partial charge is 0.452 e. The Morgan fingerprint density at radius 1 is 1.40 bits per heavy atom. The van der Waals surface area contributed by atoms with Crippen molar-refractivity contribution >= 4 is 23.4 Å². The second kappa shape index (κ2) is 5.01. The molecule has 5 nitrogen and oxygen atoms in total. The van der Waals surface area contributed by atoms with Gasteiger partial charge < -0.3 is 15.1 Å². The molecule has 110 valence electrons. The van der Waals surface area contributed by atoms with Crippen LogP contribution in [-0.2, 0) is 4.79 Å². The van der Waals surface area contributed by atoms with E-state index in [4.69, 9.17) is 21.8 Å². The molecular weight excluding hydrogens is 301 g/mol. The minimum Gasteiger partial charge on any atom is -0.452 e. The van der Waals surface area contributed by atoms with Crippen LogP contribution in [-0.4, -0.2) is 36.0 Å². The molecule has 2 heterocycles. The fourth-order valence-electron chi connectivity index (χ4n) is 2.21. The Bertz CT molecular complexity index is 543. The molecule has 1 aromatic rings. The summed E-state index contributed by atoms with van der Waals surface area (Å²) in [5.74, 6) is -5.22. The van der Waals surface area contributed by atoms with Crippen molar-refractivity contribution in [3.8, 4) is 0 Å². The molecule has 1 aliphatic heterocycles. The number of amides is 2. The number of likely N-dealkylation sites (tertiary alicyclic amines) is 1. The quantitative estimate of drug-likeness (QED) is 0.902. The van der Waals surface area contributed by atoms with E-state index < -0.39 is 36.4 Å². The second-order valence-corrected chi connectivity index (χ2v) is 4.82. The summed E-state index contributed by atoms with van der Waals surface area (Å²) in [6.45, 7) is -1.02. The zero-order valence-corrected chi connectivity index (χ0v) is 10.7. The van der Waals surface area contributed by atoms with Crippen molar-refractivity contribution in [3.05, 3.63) is 23.1 Å². The summed E-state index contributed by atoms with van der Waals surface area (Å²) < 4.78 is 43.2. The van der Waals surface area contributed by atoms with E-state index in [0.29, 0.717) is 0 Å². The highest BCUT2D eigenvalue weighted by Crippen LogP contribution is 2.38. The summed E-state index contributed by atoms with van der Waals surface area (Å²) in [7, 11) is 0. The molecule has 0 radical (unpaired) electrons. The molecule has 2 N–H and O–H groups in total. The van der Waals surface area contributed by atoms with E-state index in [-0.39, 0.29) is 17.3 Å². The lowest BCUT2D eigenvalue weighted by molar-refractivity contribution is -0.182. The molecule has 1 saturated heterocycles. The Balaban J connectivity index is 2.22. The SMILES string of the molecule is NC(=O)[C@@H]1CN(C(=O)c2ccoc2Cl)C[C@H]1C(F)(F)F.